The van der Waals surface area contributed by atoms with E-state index < -0.39 is 7.60 Å². The zero-order valence-electron chi connectivity index (χ0n) is 10.8. The van der Waals surface area contributed by atoms with Crippen molar-refractivity contribution in [2.75, 3.05) is 13.2 Å². The predicted molar refractivity (Wildman–Crippen MR) is 70.5 cm³/mol. The van der Waals surface area contributed by atoms with Gasteiger partial charge in [-0.2, -0.15) is 0 Å². The van der Waals surface area contributed by atoms with Crippen molar-refractivity contribution in [1.82, 2.24) is 0 Å². The molecule has 17 heavy (non-hydrogen) atoms. The van der Waals surface area contributed by atoms with Crippen molar-refractivity contribution in [3.63, 3.8) is 0 Å². The molecule has 0 aliphatic heterocycles. The van der Waals surface area contributed by atoms with Gasteiger partial charge in [-0.15, -0.1) is 0 Å². The zero-order valence-corrected chi connectivity index (χ0v) is 11.7. The van der Waals surface area contributed by atoms with E-state index in [1.807, 2.05) is 51.1 Å². The Morgan fingerprint density at radius 3 is 2.12 bits per heavy atom. The molecule has 0 N–H and O–H groups in total. The lowest BCUT2D eigenvalue weighted by Gasteiger charge is -2.23. The van der Waals surface area contributed by atoms with E-state index in [-0.39, 0.29) is 5.66 Å². The Kier molecular flexibility index (Phi) is 5.90. The first kappa shape index (κ1) is 14.4. The largest absolute Gasteiger partial charge is 0.333 e. The Balaban J connectivity index is 2.72. The van der Waals surface area contributed by atoms with Crippen molar-refractivity contribution in [3.05, 3.63) is 35.9 Å². The number of hydrogen-bond acceptors (Lipinski definition) is 3. The van der Waals surface area contributed by atoms with Gasteiger partial charge in [-0.1, -0.05) is 37.3 Å². The van der Waals surface area contributed by atoms with Gasteiger partial charge in [0.1, 0.15) is 0 Å². The Morgan fingerprint density at radius 2 is 1.65 bits per heavy atom. The van der Waals surface area contributed by atoms with Gasteiger partial charge >= 0.3 is 7.60 Å². The summed E-state index contributed by atoms with van der Waals surface area (Å²) in [6, 6.07) is 9.99. The van der Waals surface area contributed by atoms with Crippen LogP contribution >= 0.6 is 7.60 Å². The maximum atomic E-state index is 12.5. The Morgan fingerprint density at radius 1 is 1.12 bits per heavy atom. The van der Waals surface area contributed by atoms with Gasteiger partial charge in [-0.3, -0.25) is 4.57 Å². The summed E-state index contributed by atoms with van der Waals surface area (Å²) in [4.78, 5) is 0. The molecule has 0 amide bonds. The minimum atomic E-state index is -2.98. The molecule has 0 bridgehead atoms. The molecule has 0 saturated carbocycles. The second-order valence-corrected chi connectivity index (χ2v) is 6.39. The third kappa shape index (κ3) is 4.27. The van der Waals surface area contributed by atoms with Crippen LogP contribution in [0.5, 0.6) is 0 Å². The lowest BCUT2D eigenvalue weighted by molar-refractivity contribution is 0.213. The highest BCUT2D eigenvalue weighted by Gasteiger charge is 2.31. The third-order valence-electron chi connectivity index (χ3n) is 2.53. The van der Waals surface area contributed by atoms with E-state index in [1.54, 1.807) is 0 Å². The van der Waals surface area contributed by atoms with Gasteiger partial charge in [-0.05, 0) is 25.8 Å². The van der Waals surface area contributed by atoms with Gasteiger partial charge in [0, 0.05) is 0 Å². The molecule has 0 radical (unpaired) electrons. The van der Waals surface area contributed by atoms with Crippen LogP contribution in [-0.4, -0.2) is 18.9 Å². The molecule has 0 aliphatic rings. The highest BCUT2D eigenvalue weighted by atomic mass is 31.2. The molecule has 1 aromatic carbocycles. The second kappa shape index (κ2) is 6.95. The second-order valence-electron chi connectivity index (χ2n) is 3.91. The quantitative estimate of drug-likeness (QED) is 0.694. The van der Waals surface area contributed by atoms with Crippen molar-refractivity contribution < 1.29 is 13.6 Å². The van der Waals surface area contributed by atoms with Gasteiger partial charge < -0.3 is 9.05 Å². The average Bonchev–Trinajstić information content (AvgIpc) is 2.31. The first-order valence-corrected chi connectivity index (χ1v) is 7.66. The standard InChI is InChI=1S/C13H21O3P/c1-4-15-17(14,16-5-2)12(3)11-13-9-7-6-8-10-13/h6-10,12H,4-5,11H2,1-3H3. The van der Waals surface area contributed by atoms with Crippen LogP contribution in [-0.2, 0) is 20.0 Å². The summed E-state index contributed by atoms with van der Waals surface area (Å²) in [6.07, 6.45) is 0.706. The molecule has 1 aromatic rings. The van der Waals surface area contributed by atoms with Gasteiger partial charge in [0.2, 0.25) is 0 Å². The Labute approximate surface area is 104 Å². The van der Waals surface area contributed by atoms with Crippen LogP contribution in [0.25, 0.3) is 0 Å². The molecule has 4 heteroatoms. The number of benzene rings is 1. The molecule has 0 heterocycles. The molecule has 0 spiro atoms. The number of rotatable bonds is 7. The Hall–Kier alpha value is -0.630. The monoisotopic (exact) mass is 256 g/mol. The van der Waals surface area contributed by atoms with E-state index in [0.29, 0.717) is 19.6 Å². The molecule has 1 rings (SSSR count). The molecule has 1 atom stereocenters. The molecule has 3 nitrogen and oxygen atoms in total. The molecular formula is C13H21O3P. The normalized spacial score (nSPS) is 13.6. The van der Waals surface area contributed by atoms with E-state index in [9.17, 15) is 4.57 Å². The van der Waals surface area contributed by atoms with Crippen molar-refractivity contribution in [3.8, 4) is 0 Å². The summed E-state index contributed by atoms with van der Waals surface area (Å²) < 4.78 is 23.1. The third-order valence-corrected chi connectivity index (χ3v) is 5.03. The van der Waals surface area contributed by atoms with Gasteiger partial charge in [0.25, 0.3) is 0 Å². The smallest absolute Gasteiger partial charge is 0.309 e. The predicted octanol–water partition coefficient (Wildman–Crippen LogP) is 3.88. The summed E-state index contributed by atoms with van der Waals surface area (Å²) in [5.41, 5.74) is 1.03. The number of hydrogen-bond donors (Lipinski definition) is 0. The van der Waals surface area contributed by atoms with E-state index in [1.165, 1.54) is 0 Å². The first-order chi connectivity index (χ1) is 8.12. The van der Waals surface area contributed by atoms with Crippen molar-refractivity contribution in [2.45, 2.75) is 32.9 Å². The SMILES string of the molecule is CCOP(=O)(OCC)C(C)Cc1ccccc1. The van der Waals surface area contributed by atoms with Crippen LogP contribution in [0.2, 0.25) is 0 Å². The summed E-state index contributed by atoms with van der Waals surface area (Å²) in [5, 5.41) is 0. The summed E-state index contributed by atoms with van der Waals surface area (Å²) in [6.45, 7) is 6.41. The van der Waals surface area contributed by atoms with Crippen molar-refractivity contribution in [1.29, 1.82) is 0 Å². The fourth-order valence-electron chi connectivity index (χ4n) is 1.72. The van der Waals surface area contributed by atoms with Gasteiger partial charge in [0.15, 0.2) is 0 Å². The fraction of sp³-hybridized carbons (Fsp3) is 0.538. The van der Waals surface area contributed by atoms with Crippen LogP contribution in [0.4, 0.5) is 0 Å². The first-order valence-electron chi connectivity index (χ1n) is 6.05. The van der Waals surface area contributed by atoms with Crippen LogP contribution in [0.15, 0.2) is 30.3 Å². The van der Waals surface area contributed by atoms with E-state index in [2.05, 4.69) is 0 Å². The lowest BCUT2D eigenvalue weighted by Crippen LogP contribution is -2.12. The average molecular weight is 256 g/mol. The highest BCUT2D eigenvalue weighted by molar-refractivity contribution is 7.54. The topological polar surface area (TPSA) is 35.5 Å². The zero-order chi connectivity index (χ0) is 12.7. The lowest BCUT2D eigenvalue weighted by atomic mass is 10.1. The summed E-state index contributed by atoms with van der Waals surface area (Å²) in [5.74, 6) is 0. The van der Waals surface area contributed by atoms with E-state index in [0.717, 1.165) is 5.56 Å². The summed E-state index contributed by atoms with van der Waals surface area (Å²) >= 11 is 0. The molecule has 0 aliphatic carbocycles. The minimum absolute atomic E-state index is 0.121. The van der Waals surface area contributed by atoms with Crippen molar-refractivity contribution in [2.24, 2.45) is 0 Å². The molecule has 0 fully saturated rings. The van der Waals surface area contributed by atoms with Crippen LogP contribution in [0.1, 0.15) is 26.3 Å². The van der Waals surface area contributed by atoms with Crippen LogP contribution < -0.4 is 0 Å². The maximum absolute atomic E-state index is 12.5. The van der Waals surface area contributed by atoms with E-state index >= 15 is 0 Å². The fourth-order valence-corrected chi connectivity index (χ4v) is 3.46. The van der Waals surface area contributed by atoms with Crippen LogP contribution in [0, 0.1) is 0 Å². The van der Waals surface area contributed by atoms with Gasteiger partial charge in [-0.25, -0.2) is 0 Å². The summed E-state index contributed by atoms with van der Waals surface area (Å²) in [7, 11) is -2.98. The minimum Gasteiger partial charge on any atom is -0.309 e. The molecule has 96 valence electrons. The molecule has 1 unspecified atom stereocenters. The van der Waals surface area contributed by atoms with Gasteiger partial charge in [0.05, 0.1) is 18.9 Å². The van der Waals surface area contributed by atoms with Crippen molar-refractivity contribution >= 4 is 7.60 Å². The maximum Gasteiger partial charge on any atom is 0.333 e. The van der Waals surface area contributed by atoms with Crippen LogP contribution in [0.3, 0.4) is 0 Å². The molecular weight excluding hydrogens is 235 g/mol. The molecule has 0 saturated heterocycles. The highest BCUT2D eigenvalue weighted by Crippen LogP contribution is 2.53. The molecule has 0 aromatic heterocycles. The Bertz CT molecular complexity index is 354. The van der Waals surface area contributed by atoms with E-state index in [4.69, 9.17) is 9.05 Å².